The van der Waals surface area contributed by atoms with Crippen LogP contribution in [0.3, 0.4) is 0 Å². The third-order valence-electron chi connectivity index (χ3n) is 15.9. The Morgan fingerprint density at radius 2 is 0.750 bits per heavy atom. The van der Waals surface area contributed by atoms with Crippen molar-refractivity contribution < 1.29 is 39.8 Å². The number of carbonyl (C=O) groups excluding carboxylic acids is 1. The van der Waals surface area contributed by atoms with Gasteiger partial charge in [0.1, 0.15) is 24.4 Å². The second-order valence-corrected chi connectivity index (χ2v) is 23.3. The van der Waals surface area contributed by atoms with Crippen LogP contribution in [0.1, 0.15) is 328 Å². The molecule has 448 valence electrons. The summed E-state index contributed by atoms with van der Waals surface area (Å²) in [5, 5.41) is 54.7. The lowest BCUT2D eigenvalue weighted by Crippen LogP contribution is -2.60. The highest BCUT2D eigenvalue weighted by molar-refractivity contribution is 5.76. The van der Waals surface area contributed by atoms with E-state index in [1.807, 2.05) is 6.08 Å². The second kappa shape index (κ2) is 56.7. The van der Waals surface area contributed by atoms with Crippen molar-refractivity contribution in [1.29, 1.82) is 0 Å². The number of carbonyl (C=O) groups is 1. The van der Waals surface area contributed by atoms with Gasteiger partial charge in [-0.3, -0.25) is 4.79 Å². The molecule has 6 N–H and O–H groups in total. The smallest absolute Gasteiger partial charge is 0.220 e. The lowest BCUT2D eigenvalue weighted by molar-refractivity contribution is -0.302. The Morgan fingerprint density at radius 1 is 0.434 bits per heavy atom. The summed E-state index contributed by atoms with van der Waals surface area (Å²) in [4.78, 5) is 13.1. The molecule has 9 nitrogen and oxygen atoms in total. The number of ether oxygens (including phenoxy) is 2. The number of unbranched alkanes of at least 4 members (excludes halogenated alkanes) is 44. The van der Waals surface area contributed by atoms with E-state index >= 15 is 0 Å². The predicted molar refractivity (Wildman–Crippen MR) is 323 cm³/mol. The Morgan fingerprint density at radius 3 is 1.11 bits per heavy atom. The van der Waals surface area contributed by atoms with Gasteiger partial charge in [-0.1, -0.05) is 301 Å². The van der Waals surface area contributed by atoms with Crippen molar-refractivity contribution in [2.75, 3.05) is 13.2 Å². The van der Waals surface area contributed by atoms with Gasteiger partial charge in [-0.2, -0.15) is 0 Å². The standard InChI is InChI=1S/C67H127NO8/c1-3-5-7-9-11-13-15-17-19-21-23-25-27-29-30-31-32-33-35-37-39-41-43-45-47-49-51-53-55-57-63(71)68-60(59-75-67-66(74)65(73)64(72)62(58-69)76-67)61(70)56-54-52-50-48-46-44-42-40-38-36-34-28-26-24-22-20-18-16-14-12-10-8-6-4-2/h29-30,46,48,54,56,60-62,64-67,69-70,72-74H,3-28,31-45,47,49-53,55,57-59H2,1-2H3,(H,68,71)/b30-29-,48-46+,56-54+. The van der Waals surface area contributed by atoms with Gasteiger partial charge in [-0.25, -0.2) is 0 Å². The Balaban J connectivity index is 2.17. The summed E-state index contributed by atoms with van der Waals surface area (Å²) in [7, 11) is 0. The van der Waals surface area contributed by atoms with E-state index in [1.165, 1.54) is 270 Å². The first-order valence-corrected chi connectivity index (χ1v) is 33.2. The molecule has 0 bridgehead atoms. The van der Waals surface area contributed by atoms with Crippen molar-refractivity contribution in [3.8, 4) is 0 Å². The van der Waals surface area contributed by atoms with Crippen molar-refractivity contribution in [1.82, 2.24) is 5.32 Å². The quantitative estimate of drug-likeness (QED) is 0.0261. The fraction of sp³-hybridized carbons (Fsp3) is 0.896. The minimum Gasteiger partial charge on any atom is -0.394 e. The minimum absolute atomic E-state index is 0.182. The summed E-state index contributed by atoms with van der Waals surface area (Å²) >= 11 is 0. The first-order valence-electron chi connectivity index (χ1n) is 33.2. The van der Waals surface area contributed by atoms with Gasteiger partial charge in [0.2, 0.25) is 5.91 Å². The van der Waals surface area contributed by atoms with Crippen LogP contribution in [0.25, 0.3) is 0 Å². The molecule has 0 aromatic rings. The summed E-state index contributed by atoms with van der Waals surface area (Å²) < 4.78 is 11.3. The van der Waals surface area contributed by atoms with E-state index in [4.69, 9.17) is 9.47 Å². The molecule has 76 heavy (non-hydrogen) atoms. The largest absolute Gasteiger partial charge is 0.394 e. The Labute approximate surface area is 470 Å². The molecule has 9 heteroatoms. The van der Waals surface area contributed by atoms with Crippen LogP contribution in [0.5, 0.6) is 0 Å². The van der Waals surface area contributed by atoms with Crippen molar-refractivity contribution in [3.63, 3.8) is 0 Å². The monoisotopic (exact) mass is 1070 g/mol. The van der Waals surface area contributed by atoms with Gasteiger partial charge in [0.25, 0.3) is 0 Å². The molecule has 1 amide bonds. The van der Waals surface area contributed by atoms with Crippen LogP contribution in [0.2, 0.25) is 0 Å². The highest BCUT2D eigenvalue weighted by Gasteiger charge is 2.44. The number of allylic oxidation sites excluding steroid dienone is 5. The zero-order chi connectivity index (χ0) is 55.0. The molecule has 0 aromatic heterocycles. The normalized spacial score (nSPS) is 19.0. The number of aliphatic hydroxyl groups is 5. The average molecular weight is 1070 g/mol. The number of hydrogen-bond acceptors (Lipinski definition) is 8. The van der Waals surface area contributed by atoms with Crippen molar-refractivity contribution in [2.45, 2.75) is 371 Å². The zero-order valence-electron chi connectivity index (χ0n) is 50.0. The van der Waals surface area contributed by atoms with Gasteiger partial charge < -0.3 is 40.3 Å². The third-order valence-corrected chi connectivity index (χ3v) is 15.9. The topological polar surface area (TPSA) is 149 Å². The molecular formula is C67H127NO8. The van der Waals surface area contributed by atoms with Crippen LogP contribution in [-0.4, -0.2) is 87.5 Å². The van der Waals surface area contributed by atoms with E-state index in [2.05, 4.69) is 43.5 Å². The van der Waals surface area contributed by atoms with E-state index in [-0.39, 0.29) is 12.5 Å². The summed E-state index contributed by atoms with van der Waals surface area (Å²) in [6.07, 6.45) is 68.1. The molecule has 1 rings (SSSR count). The highest BCUT2D eigenvalue weighted by Crippen LogP contribution is 2.23. The molecule has 0 saturated carbocycles. The summed E-state index contributed by atoms with van der Waals surface area (Å²) in [5.41, 5.74) is 0. The molecule has 1 aliphatic rings. The second-order valence-electron chi connectivity index (χ2n) is 23.3. The first-order chi connectivity index (χ1) is 37.3. The molecule has 1 aliphatic heterocycles. The average Bonchev–Trinajstić information content (AvgIpc) is 3.42. The first kappa shape index (κ1) is 72.4. The van der Waals surface area contributed by atoms with Gasteiger partial charge in [0, 0.05) is 6.42 Å². The lowest BCUT2D eigenvalue weighted by Gasteiger charge is -2.40. The van der Waals surface area contributed by atoms with Gasteiger partial charge in [-0.15, -0.1) is 0 Å². The van der Waals surface area contributed by atoms with Crippen molar-refractivity contribution >= 4 is 5.91 Å². The van der Waals surface area contributed by atoms with Crippen molar-refractivity contribution in [3.05, 3.63) is 36.5 Å². The van der Waals surface area contributed by atoms with Crippen LogP contribution in [0.15, 0.2) is 36.5 Å². The molecule has 7 atom stereocenters. The molecule has 0 aromatic carbocycles. The predicted octanol–water partition coefficient (Wildman–Crippen LogP) is 17.5. The molecule has 1 heterocycles. The molecule has 0 radical (unpaired) electrons. The number of rotatable bonds is 58. The summed E-state index contributed by atoms with van der Waals surface area (Å²) in [5.74, 6) is -0.182. The van der Waals surface area contributed by atoms with Crippen molar-refractivity contribution in [2.24, 2.45) is 0 Å². The zero-order valence-corrected chi connectivity index (χ0v) is 50.0. The Hall–Kier alpha value is -1.59. The molecule has 1 saturated heterocycles. The van der Waals surface area contributed by atoms with Crippen LogP contribution in [-0.2, 0) is 14.3 Å². The van der Waals surface area contributed by atoms with Crippen LogP contribution in [0, 0.1) is 0 Å². The highest BCUT2D eigenvalue weighted by atomic mass is 16.7. The molecule has 1 fully saturated rings. The minimum atomic E-state index is -1.57. The number of amides is 1. The Kier molecular flexibility index (Phi) is 54.0. The maximum atomic E-state index is 13.1. The molecular weight excluding hydrogens is 947 g/mol. The van der Waals surface area contributed by atoms with E-state index in [9.17, 15) is 30.3 Å². The van der Waals surface area contributed by atoms with E-state index < -0.39 is 49.5 Å². The maximum absolute atomic E-state index is 13.1. The lowest BCUT2D eigenvalue weighted by atomic mass is 9.99. The van der Waals surface area contributed by atoms with Gasteiger partial charge in [0.05, 0.1) is 25.4 Å². The fourth-order valence-corrected chi connectivity index (χ4v) is 10.7. The molecule has 7 unspecified atom stereocenters. The third kappa shape index (κ3) is 45.2. The maximum Gasteiger partial charge on any atom is 0.220 e. The summed E-state index contributed by atoms with van der Waals surface area (Å²) in [6, 6.07) is -0.822. The number of nitrogens with one attached hydrogen (secondary N) is 1. The summed E-state index contributed by atoms with van der Waals surface area (Å²) in [6.45, 7) is 3.81. The molecule has 0 aliphatic carbocycles. The number of aliphatic hydroxyl groups excluding tert-OH is 5. The van der Waals surface area contributed by atoms with Crippen LogP contribution < -0.4 is 5.32 Å². The van der Waals surface area contributed by atoms with E-state index in [1.54, 1.807) is 6.08 Å². The SMILES string of the molecule is CCCCCCCCCCCCCC/C=C\CCCCCCCCCCCCCCCC(=O)NC(COC1OC(CO)C(O)C(O)C1O)C(O)/C=C/CC/C=C/CCCCCCCCCCCCCCCCCCCC. The van der Waals surface area contributed by atoms with Crippen LogP contribution >= 0.6 is 0 Å². The Bertz CT molecular complexity index is 1290. The molecule has 0 spiro atoms. The fourth-order valence-electron chi connectivity index (χ4n) is 10.7. The van der Waals surface area contributed by atoms with Gasteiger partial charge in [0.15, 0.2) is 6.29 Å². The number of hydrogen-bond donors (Lipinski definition) is 6. The van der Waals surface area contributed by atoms with Crippen LogP contribution in [0.4, 0.5) is 0 Å². The van der Waals surface area contributed by atoms with Gasteiger partial charge >= 0.3 is 0 Å². The van der Waals surface area contributed by atoms with E-state index in [0.29, 0.717) is 6.42 Å². The van der Waals surface area contributed by atoms with E-state index in [0.717, 1.165) is 38.5 Å². The van der Waals surface area contributed by atoms with Gasteiger partial charge in [-0.05, 0) is 57.8 Å².